The largest absolute Gasteiger partial charge is 0.378 e. The van der Waals surface area contributed by atoms with Crippen molar-refractivity contribution in [2.75, 3.05) is 5.32 Å². The van der Waals surface area contributed by atoms with E-state index in [2.05, 4.69) is 5.32 Å². The lowest BCUT2D eigenvalue weighted by Gasteiger charge is -2.12. The van der Waals surface area contributed by atoms with E-state index >= 15 is 0 Å². The number of hydrogen-bond donors (Lipinski definition) is 1. The molecule has 0 aliphatic carbocycles. The Labute approximate surface area is 106 Å². The van der Waals surface area contributed by atoms with Gasteiger partial charge in [-0.25, -0.2) is 17.6 Å². The molecule has 0 amide bonds. The van der Waals surface area contributed by atoms with Gasteiger partial charge in [0.1, 0.15) is 5.82 Å². The van der Waals surface area contributed by atoms with Crippen molar-refractivity contribution in [3.8, 4) is 0 Å². The highest BCUT2D eigenvalue weighted by Gasteiger charge is 2.24. The molecule has 0 saturated heterocycles. The van der Waals surface area contributed by atoms with Gasteiger partial charge in [-0.2, -0.15) is 0 Å². The van der Waals surface area contributed by atoms with E-state index in [9.17, 15) is 17.6 Å². The van der Waals surface area contributed by atoms with Crippen LogP contribution in [0.3, 0.4) is 0 Å². The Morgan fingerprint density at radius 2 is 1.63 bits per heavy atom. The van der Waals surface area contributed by atoms with Crippen molar-refractivity contribution in [3.63, 3.8) is 0 Å². The molecule has 2 aromatic carbocycles. The lowest BCUT2D eigenvalue weighted by molar-refractivity contribution is 0.444. The van der Waals surface area contributed by atoms with Crippen LogP contribution in [-0.4, -0.2) is 0 Å². The standard InChI is InChI=1S/C14H9F4N/c15-9-1-2-12-7(3-9)6-13(19-12)8-4-10(16)14(18)11(17)5-8/h1-5,13,19H,6H2. The van der Waals surface area contributed by atoms with Crippen LogP contribution in [0.25, 0.3) is 0 Å². The molecule has 1 aliphatic rings. The third-order valence-corrected chi connectivity index (χ3v) is 3.23. The monoisotopic (exact) mass is 267 g/mol. The normalized spacial score (nSPS) is 17.2. The van der Waals surface area contributed by atoms with Crippen LogP contribution in [0.15, 0.2) is 30.3 Å². The van der Waals surface area contributed by atoms with Crippen molar-refractivity contribution in [3.05, 3.63) is 64.7 Å². The molecule has 3 rings (SSSR count). The Morgan fingerprint density at radius 1 is 0.947 bits per heavy atom. The predicted molar refractivity (Wildman–Crippen MR) is 62.8 cm³/mol. The fourth-order valence-electron chi connectivity index (χ4n) is 2.31. The molecule has 0 radical (unpaired) electrons. The van der Waals surface area contributed by atoms with Crippen LogP contribution in [0.4, 0.5) is 23.2 Å². The van der Waals surface area contributed by atoms with Crippen LogP contribution in [0.1, 0.15) is 17.2 Å². The van der Waals surface area contributed by atoms with Crippen molar-refractivity contribution in [2.24, 2.45) is 0 Å². The molecule has 1 aliphatic heterocycles. The number of benzene rings is 2. The van der Waals surface area contributed by atoms with Gasteiger partial charge in [0.2, 0.25) is 0 Å². The zero-order valence-electron chi connectivity index (χ0n) is 9.68. The topological polar surface area (TPSA) is 12.0 Å². The molecule has 1 unspecified atom stereocenters. The van der Waals surface area contributed by atoms with Crippen LogP contribution in [0.2, 0.25) is 0 Å². The number of hydrogen-bond acceptors (Lipinski definition) is 1. The van der Waals surface area contributed by atoms with Crippen LogP contribution < -0.4 is 5.32 Å². The van der Waals surface area contributed by atoms with Crippen molar-refractivity contribution < 1.29 is 17.6 Å². The van der Waals surface area contributed by atoms with Gasteiger partial charge in [0.25, 0.3) is 0 Å². The van der Waals surface area contributed by atoms with Crippen LogP contribution in [-0.2, 0) is 6.42 Å². The molecule has 1 nitrogen and oxygen atoms in total. The van der Waals surface area contributed by atoms with Gasteiger partial charge in [-0.15, -0.1) is 0 Å². The van der Waals surface area contributed by atoms with E-state index in [1.54, 1.807) is 6.07 Å². The average Bonchev–Trinajstić information content (AvgIpc) is 2.78. The lowest BCUT2D eigenvalue weighted by Crippen LogP contribution is -2.07. The molecule has 19 heavy (non-hydrogen) atoms. The van der Waals surface area contributed by atoms with Crippen LogP contribution >= 0.6 is 0 Å². The molecule has 0 bridgehead atoms. The van der Waals surface area contributed by atoms with Gasteiger partial charge in [-0.1, -0.05) is 0 Å². The zero-order chi connectivity index (χ0) is 13.6. The molecule has 0 saturated carbocycles. The molecule has 0 aromatic heterocycles. The van der Waals surface area contributed by atoms with Gasteiger partial charge in [0, 0.05) is 5.69 Å². The summed E-state index contributed by atoms with van der Waals surface area (Å²) in [6.45, 7) is 0. The van der Waals surface area contributed by atoms with Gasteiger partial charge in [0.05, 0.1) is 6.04 Å². The first-order chi connectivity index (χ1) is 9.04. The second kappa shape index (κ2) is 4.26. The van der Waals surface area contributed by atoms with E-state index in [4.69, 9.17) is 0 Å². The van der Waals surface area contributed by atoms with Crippen molar-refractivity contribution in [1.82, 2.24) is 0 Å². The Bertz CT molecular complexity index is 631. The summed E-state index contributed by atoms with van der Waals surface area (Å²) in [4.78, 5) is 0. The van der Waals surface area contributed by atoms with Gasteiger partial charge in [-0.05, 0) is 47.9 Å². The maximum Gasteiger partial charge on any atom is 0.194 e. The lowest BCUT2D eigenvalue weighted by atomic mass is 10.0. The highest BCUT2D eigenvalue weighted by atomic mass is 19.2. The highest BCUT2D eigenvalue weighted by molar-refractivity contribution is 5.58. The van der Waals surface area contributed by atoms with E-state index in [0.717, 1.165) is 23.4 Å². The first-order valence-corrected chi connectivity index (χ1v) is 5.74. The molecule has 0 spiro atoms. The third-order valence-electron chi connectivity index (χ3n) is 3.23. The Kier molecular flexibility index (Phi) is 2.69. The number of fused-ring (bicyclic) bond motifs is 1. The zero-order valence-corrected chi connectivity index (χ0v) is 9.68. The summed E-state index contributed by atoms with van der Waals surface area (Å²) < 4.78 is 52.3. The smallest absolute Gasteiger partial charge is 0.194 e. The third kappa shape index (κ3) is 2.05. The average molecular weight is 267 g/mol. The summed E-state index contributed by atoms with van der Waals surface area (Å²) in [7, 11) is 0. The summed E-state index contributed by atoms with van der Waals surface area (Å²) in [5, 5.41) is 3.03. The maximum atomic E-state index is 13.2. The second-order valence-corrected chi connectivity index (χ2v) is 4.50. The van der Waals surface area contributed by atoms with Crippen LogP contribution in [0, 0.1) is 23.3 Å². The molecule has 5 heteroatoms. The minimum atomic E-state index is -1.48. The number of halogens is 4. The molecular formula is C14H9F4N. The van der Waals surface area contributed by atoms with E-state index in [-0.39, 0.29) is 11.9 Å². The van der Waals surface area contributed by atoms with Crippen molar-refractivity contribution in [1.29, 1.82) is 0 Å². The molecule has 1 atom stereocenters. The fraction of sp³-hybridized carbons (Fsp3) is 0.143. The maximum absolute atomic E-state index is 13.2. The Morgan fingerprint density at radius 3 is 2.32 bits per heavy atom. The fourth-order valence-corrected chi connectivity index (χ4v) is 2.31. The minimum Gasteiger partial charge on any atom is -0.378 e. The van der Waals surface area contributed by atoms with Gasteiger partial charge in [-0.3, -0.25) is 0 Å². The van der Waals surface area contributed by atoms with Gasteiger partial charge < -0.3 is 5.32 Å². The molecular weight excluding hydrogens is 258 g/mol. The summed E-state index contributed by atoms with van der Waals surface area (Å²) in [6.07, 6.45) is 0.400. The van der Waals surface area contributed by atoms with E-state index < -0.39 is 17.5 Å². The summed E-state index contributed by atoms with van der Waals surface area (Å²) >= 11 is 0. The molecule has 98 valence electrons. The first kappa shape index (κ1) is 12.0. The van der Waals surface area contributed by atoms with E-state index in [1.807, 2.05) is 0 Å². The minimum absolute atomic E-state index is 0.299. The van der Waals surface area contributed by atoms with Crippen LogP contribution in [0.5, 0.6) is 0 Å². The number of nitrogens with one attached hydrogen (secondary N) is 1. The molecule has 0 fully saturated rings. The van der Waals surface area contributed by atoms with E-state index in [1.165, 1.54) is 12.1 Å². The summed E-state index contributed by atoms with van der Waals surface area (Å²) in [5.41, 5.74) is 1.75. The van der Waals surface area contributed by atoms with Crippen molar-refractivity contribution in [2.45, 2.75) is 12.5 Å². The first-order valence-electron chi connectivity index (χ1n) is 5.74. The molecule has 1 N–H and O–H groups in total. The number of rotatable bonds is 1. The Balaban J connectivity index is 1.95. The highest BCUT2D eigenvalue weighted by Crippen LogP contribution is 2.35. The Hall–Kier alpha value is -2.04. The van der Waals surface area contributed by atoms with Gasteiger partial charge >= 0.3 is 0 Å². The quantitative estimate of drug-likeness (QED) is 0.609. The molecule has 2 aromatic rings. The molecule has 1 heterocycles. The van der Waals surface area contributed by atoms with Crippen molar-refractivity contribution >= 4 is 5.69 Å². The summed E-state index contributed by atoms with van der Waals surface area (Å²) in [6, 6.07) is 5.78. The summed E-state index contributed by atoms with van der Waals surface area (Å²) in [5.74, 6) is -4.29. The predicted octanol–water partition coefficient (Wildman–Crippen LogP) is 3.95. The van der Waals surface area contributed by atoms with Gasteiger partial charge in [0.15, 0.2) is 17.5 Å². The second-order valence-electron chi connectivity index (χ2n) is 4.50. The number of anilines is 1. The van der Waals surface area contributed by atoms with E-state index in [0.29, 0.717) is 12.0 Å². The SMILES string of the molecule is Fc1ccc2c(c1)CC(c1cc(F)c(F)c(F)c1)N2.